The SMILES string of the molecule is CC[C@@H](NC(=O)OC(C)(C)C)c1ccc(-c2c(OC)ccc3[nH]c(=O)c4sccc4c23)cc1. The van der Waals surface area contributed by atoms with Gasteiger partial charge in [0.2, 0.25) is 0 Å². The second-order valence-corrected chi connectivity index (χ2v) is 9.83. The molecule has 33 heavy (non-hydrogen) atoms. The third kappa shape index (κ3) is 4.59. The summed E-state index contributed by atoms with van der Waals surface area (Å²) in [7, 11) is 1.65. The van der Waals surface area contributed by atoms with Crippen molar-refractivity contribution in [3.8, 4) is 16.9 Å². The second kappa shape index (κ2) is 8.90. The number of pyridine rings is 1. The molecule has 0 saturated heterocycles. The van der Waals surface area contributed by atoms with Gasteiger partial charge in [-0.25, -0.2) is 4.79 Å². The largest absolute Gasteiger partial charge is 0.496 e. The van der Waals surface area contributed by atoms with E-state index in [9.17, 15) is 9.59 Å². The van der Waals surface area contributed by atoms with Crippen molar-refractivity contribution in [3.63, 3.8) is 0 Å². The fraction of sp³-hybridized carbons (Fsp3) is 0.308. The van der Waals surface area contributed by atoms with Gasteiger partial charge in [-0.1, -0.05) is 31.2 Å². The Hall–Kier alpha value is -3.32. The molecule has 2 N–H and O–H groups in total. The summed E-state index contributed by atoms with van der Waals surface area (Å²) in [6, 6.07) is 13.6. The van der Waals surface area contributed by atoms with Crippen LogP contribution in [0.25, 0.3) is 32.1 Å². The van der Waals surface area contributed by atoms with Crippen LogP contribution in [0.3, 0.4) is 0 Å². The Kier molecular flexibility index (Phi) is 6.17. The highest BCUT2D eigenvalue weighted by molar-refractivity contribution is 7.17. The topological polar surface area (TPSA) is 80.4 Å². The molecule has 0 fully saturated rings. The lowest BCUT2D eigenvalue weighted by molar-refractivity contribution is 0.0502. The van der Waals surface area contributed by atoms with Crippen LogP contribution in [0.15, 0.2) is 52.6 Å². The molecule has 1 amide bonds. The van der Waals surface area contributed by atoms with Crippen molar-refractivity contribution in [3.05, 3.63) is 63.8 Å². The zero-order chi connectivity index (χ0) is 23.8. The van der Waals surface area contributed by atoms with Crippen LogP contribution in [0.1, 0.15) is 45.7 Å². The minimum absolute atomic E-state index is 0.0852. The van der Waals surface area contributed by atoms with E-state index in [0.717, 1.165) is 45.1 Å². The summed E-state index contributed by atoms with van der Waals surface area (Å²) in [5.74, 6) is 0.730. The highest BCUT2D eigenvalue weighted by Gasteiger charge is 2.21. The first-order chi connectivity index (χ1) is 15.7. The van der Waals surface area contributed by atoms with Gasteiger partial charge in [0.1, 0.15) is 16.1 Å². The molecule has 0 aliphatic rings. The van der Waals surface area contributed by atoms with Gasteiger partial charge < -0.3 is 19.8 Å². The lowest BCUT2D eigenvalue weighted by Crippen LogP contribution is -2.34. The number of alkyl carbamates (subject to hydrolysis) is 1. The first-order valence-corrected chi connectivity index (χ1v) is 11.8. The predicted molar refractivity (Wildman–Crippen MR) is 134 cm³/mol. The summed E-state index contributed by atoms with van der Waals surface area (Å²) in [4.78, 5) is 27.7. The molecule has 2 aromatic carbocycles. The Morgan fingerprint density at radius 1 is 1.12 bits per heavy atom. The van der Waals surface area contributed by atoms with E-state index in [1.165, 1.54) is 11.3 Å². The maximum atomic E-state index is 12.5. The van der Waals surface area contributed by atoms with E-state index in [2.05, 4.69) is 10.3 Å². The quantitative estimate of drug-likeness (QED) is 0.358. The van der Waals surface area contributed by atoms with Crippen LogP contribution in [0.4, 0.5) is 4.79 Å². The van der Waals surface area contributed by atoms with E-state index < -0.39 is 11.7 Å². The van der Waals surface area contributed by atoms with Crippen LogP contribution < -0.4 is 15.6 Å². The number of thiophene rings is 1. The van der Waals surface area contributed by atoms with Gasteiger partial charge in [0.05, 0.1) is 13.2 Å². The molecular formula is C26H28N2O4S. The molecule has 0 spiro atoms. The number of amides is 1. The van der Waals surface area contributed by atoms with Gasteiger partial charge >= 0.3 is 6.09 Å². The number of hydrogen-bond acceptors (Lipinski definition) is 5. The number of aromatic amines is 1. The number of fused-ring (bicyclic) bond motifs is 3. The highest BCUT2D eigenvalue weighted by atomic mass is 32.1. The van der Waals surface area contributed by atoms with Gasteiger partial charge in [-0.15, -0.1) is 11.3 Å². The van der Waals surface area contributed by atoms with Gasteiger partial charge in [0.25, 0.3) is 5.56 Å². The number of methoxy groups -OCH3 is 1. The van der Waals surface area contributed by atoms with Gasteiger partial charge in [-0.05, 0) is 61.9 Å². The zero-order valence-corrected chi connectivity index (χ0v) is 20.3. The van der Waals surface area contributed by atoms with Crippen molar-refractivity contribution in [2.45, 2.75) is 45.8 Å². The number of benzene rings is 2. The number of ether oxygens (including phenoxy) is 2. The first kappa shape index (κ1) is 22.9. The van der Waals surface area contributed by atoms with Gasteiger partial charge in [0.15, 0.2) is 0 Å². The number of nitrogens with one attached hydrogen (secondary N) is 2. The van der Waals surface area contributed by atoms with E-state index in [-0.39, 0.29) is 11.6 Å². The maximum absolute atomic E-state index is 12.5. The molecule has 0 unspecified atom stereocenters. The van der Waals surface area contributed by atoms with Gasteiger partial charge in [-0.3, -0.25) is 4.79 Å². The molecule has 4 rings (SSSR count). The Balaban J connectivity index is 1.76. The Labute approximate surface area is 196 Å². The number of aromatic nitrogens is 1. The molecule has 6 nitrogen and oxygen atoms in total. The average molecular weight is 465 g/mol. The Morgan fingerprint density at radius 3 is 2.48 bits per heavy atom. The van der Waals surface area contributed by atoms with Crippen LogP contribution in [-0.2, 0) is 4.74 Å². The van der Waals surface area contributed by atoms with Crippen molar-refractivity contribution in [1.29, 1.82) is 0 Å². The van der Waals surface area contributed by atoms with Crippen LogP contribution >= 0.6 is 11.3 Å². The van der Waals surface area contributed by atoms with Gasteiger partial charge in [-0.2, -0.15) is 0 Å². The minimum Gasteiger partial charge on any atom is -0.496 e. The normalized spacial score (nSPS) is 12.6. The van der Waals surface area contributed by atoms with Crippen molar-refractivity contribution in [2.24, 2.45) is 0 Å². The average Bonchev–Trinajstić information content (AvgIpc) is 3.26. The number of H-pyrrole nitrogens is 1. The lowest BCUT2D eigenvalue weighted by Gasteiger charge is -2.23. The van der Waals surface area contributed by atoms with E-state index >= 15 is 0 Å². The van der Waals surface area contributed by atoms with Crippen molar-refractivity contribution >= 4 is 38.4 Å². The molecule has 0 aliphatic carbocycles. The third-order valence-electron chi connectivity index (χ3n) is 5.48. The molecule has 4 aromatic rings. The first-order valence-electron chi connectivity index (χ1n) is 10.9. The molecule has 2 heterocycles. The summed E-state index contributed by atoms with van der Waals surface area (Å²) in [5, 5.41) is 6.75. The summed E-state index contributed by atoms with van der Waals surface area (Å²) in [5.41, 5.74) is 3.01. The molecule has 1 atom stereocenters. The molecule has 0 aliphatic heterocycles. The molecule has 0 saturated carbocycles. The Bertz CT molecular complexity index is 1360. The number of rotatable bonds is 5. The van der Waals surface area contributed by atoms with Crippen LogP contribution in [0.2, 0.25) is 0 Å². The number of carbonyl (C=O) groups is 1. The molecular weight excluding hydrogens is 436 g/mol. The van der Waals surface area contributed by atoms with Crippen molar-refractivity contribution in [2.75, 3.05) is 7.11 Å². The fourth-order valence-electron chi connectivity index (χ4n) is 4.04. The van der Waals surface area contributed by atoms with Gasteiger partial charge in [0, 0.05) is 21.9 Å². The lowest BCUT2D eigenvalue weighted by atomic mass is 9.95. The van der Waals surface area contributed by atoms with Crippen molar-refractivity contribution < 1.29 is 14.3 Å². The number of hydrogen-bond donors (Lipinski definition) is 2. The predicted octanol–water partition coefficient (Wildman–Crippen LogP) is 6.39. The second-order valence-electron chi connectivity index (χ2n) is 8.91. The minimum atomic E-state index is -0.550. The van der Waals surface area contributed by atoms with E-state index in [1.807, 2.05) is 75.5 Å². The van der Waals surface area contributed by atoms with Crippen LogP contribution in [0.5, 0.6) is 5.75 Å². The molecule has 172 valence electrons. The van der Waals surface area contributed by atoms with E-state index in [4.69, 9.17) is 9.47 Å². The van der Waals surface area contributed by atoms with Crippen LogP contribution in [-0.4, -0.2) is 23.8 Å². The van der Waals surface area contributed by atoms with Crippen LogP contribution in [0, 0.1) is 0 Å². The number of carbonyl (C=O) groups excluding carboxylic acids is 1. The third-order valence-corrected chi connectivity index (χ3v) is 6.39. The standard InChI is InChI=1S/C26H28N2O4S/c1-6-18(28-25(30)32-26(2,3)4)15-7-9-16(10-8-15)21-20(31-5)12-11-19-22(21)17-13-14-33-23(17)24(29)27-19/h7-14,18H,6H2,1-5H3,(H,27,29)(H,28,30)/t18-/m1/s1. The summed E-state index contributed by atoms with van der Waals surface area (Å²) in [6.45, 7) is 7.56. The summed E-state index contributed by atoms with van der Waals surface area (Å²) >= 11 is 1.43. The summed E-state index contributed by atoms with van der Waals surface area (Å²) in [6.07, 6.45) is 0.297. The molecule has 2 aromatic heterocycles. The smallest absolute Gasteiger partial charge is 0.408 e. The summed E-state index contributed by atoms with van der Waals surface area (Å²) < 4.78 is 11.8. The maximum Gasteiger partial charge on any atom is 0.408 e. The highest BCUT2D eigenvalue weighted by Crippen LogP contribution is 2.40. The molecule has 7 heteroatoms. The Morgan fingerprint density at radius 2 is 1.85 bits per heavy atom. The van der Waals surface area contributed by atoms with Crippen molar-refractivity contribution in [1.82, 2.24) is 10.3 Å². The zero-order valence-electron chi connectivity index (χ0n) is 19.4. The monoisotopic (exact) mass is 464 g/mol. The van der Waals surface area contributed by atoms with E-state index in [0.29, 0.717) is 4.70 Å². The van der Waals surface area contributed by atoms with E-state index in [1.54, 1.807) is 7.11 Å². The molecule has 0 bridgehead atoms. The molecule has 0 radical (unpaired) electrons. The fourth-order valence-corrected chi connectivity index (χ4v) is 4.83.